The molecule has 0 aliphatic carbocycles. The Hall–Kier alpha value is -1.61. The van der Waals surface area contributed by atoms with Crippen LogP contribution in [0.3, 0.4) is 0 Å². The zero-order valence-electron chi connectivity index (χ0n) is 9.77. The second kappa shape index (κ2) is 4.49. The summed E-state index contributed by atoms with van der Waals surface area (Å²) >= 11 is 0. The van der Waals surface area contributed by atoms with Crippen LogP contribution in [-0.4, -0.2) is 9.78 Å². The van der Waals surface area contributed by atoms with E-state index in [2.05, 4.69) is 42.4 Å². The highest BCUT2D eigenvalue weighted by atomic mass is 15.3. The summed E-state index contributed by atoms with van der Waals surface area (Å²) in [5.41, 5.74) is 10.2. The van der Waals surface area contributed by atoms with Gasteiger partial charge in [0.25, 0.3) is 0 Å². The molecular formula is C13H17N3. The molecular weight excluding hydrogens is 198 g/mol. The average molecular weight is 215 g/mol. The van der Waals surface area contributed by atoms with Crippen molar-refractivity contribution in [2.45, 2.75) is 26.9 Å². The summed E-state index contributed by atoms with van der Waals surface area (Å²) in [6.45, 7) is 5.51. The molecule has 3 nitrogen and oxygen atoms in total. The van der Waals surface area contributed by atoms with Crippen molar-refractivity contribution in [1.82, 2.24) is 9.78 Å². The molecule has 0 fully saturated rings. The third-order valence-corrected chi connectivity index (χ3v) is 2.69. The largest absolute Gasteiger partial charge is 0.326 e. The molecule has 2 N–H and O–H groups in total. The van der Waals surface area contributed by atoms with Gasteiger partial charge >= 0.3 is 0 Å². The Bertz CT molecular complexity index is 468. The highest BCUT2D eigenvalue weighted by Crippen LogP contribution is 2.08. The Morgan fingerprint density at radius 3 is 2.25 bits per heavy atom. The van der Waals surface area contributed by atoms with Crippen molar-refractivity contribution >= 4 is 0 Å². The van der Waals surface area contributed by atoms with E-state index in [1.165, 1.54) is 11.3 Å². The Kier molecular flexibility index (Phi) is 3.06. The average Bonchev–Trinajstić information content (AvgIpc) is 2.59. The molecule has 1 aromatic carbocycles. The van der Waals surface area contributed by atoms with E-state index >= 15 is 0 Å². The van der Waals surface area contributed by atoms with Crippen LogP contribution in [0.1, 0.15) is 22.5 Å². The smallest absolute Gasteiger partial charge is 0.0662 e. The molecule has 0 spiro atoms. The summed E-state index contributed by atoms with van der Waals surface area (Å²) < 4.78 is 2.02. The summed E-state index contributed by atoms with van der Waals surface area (Å²) in [5, 5.41) is 4.44. The summed E-state index contributed by atoms with van der Waals surface area (Å²) in [5.74, 6) is 0. The van der Waals surface area contributed by atoms with Crippen molar-refractivity contribution in [3.8, 4) is 0 Å². The molecule has 2 aromatic rings. The van der Waals surface area contributed by atoms with Crippen molar-refractivity contribution < 1.29 is 0 Å². The molecule has 0 aliphatic rings. The number of nitrogens with two attached hydrogens (primary N) is 1. The Morgan fingerprint density at radius 1 is 1.12 bits per heavy atom. The molecule has 0 aliphatic heterocycles. The molecule has 2 rings (SSSR count). The first kappa shape index (κ1) is 10.9. The fourth-order valence-electron chi connectivity index (χ4n) is 1.79. The van der Waals surface area contributed by atoms with Gasteiger partial charge in [-0.2, -0.15) is 5.10 Å². The first-order chi connectivity index (χ1) is 7.69. The lowest BCUT2D eigenvalue weighted by Gasteiger charge is -2.05. The Labute approximate surface area is 95.9 Å². The van der Waals surface area contributed by atoms with Gasteiger partial charge in [0, 0.05) is 12.2 Å². The van der Waals surface area contributed by atoms with Crippen LogP contribution in [0.2, 0.25) is 0 Å². The summed E-state index contributed by atoms with van der Waals surface area (Å²) in [7, 11) is 0. The second-order valence-corrected chi connectivity index (χ2v) is 4.11. The number of aromatic nitrogens is 2. The van der Waals surface area contributed by atoms with Crippen LogP contribution in [0.5, 0.6) is 0 Å². The van der Waals surface area contributed by atoms with E-state index in [1.807, 2.05) is 11.6 Å². The van der Waals surface area contributed by atoms with Gasteiger partial charge in [0.1, 0.15) is 0 Å². The third kappa shape index (κ3) is 2.31. The van der Waals surface area contributed by atoms with Gasteiger partial charge in [-0.15, -0.1) is 0 Å². The quantitative estimate of drug-likeness (QED) is 0.851. The Balaban J connectivity index is 2.17. The summed E-state index contributed by atoms with van der Waals surface area (Å²) in [4.78, 5) is 0. The van der Waals surface area contributed by atoms with Crippen LogP contribution in [0.15, 0.2) is 30.3 Å². The molecule has 84 valence electrons. The SMILES string of the molecule is Cc1cc(C)n(Cc2ccc(CN)cc2)n1. The number of nitrogens with zero attached hydrogens (tertiary/aromatic N) is 2. The predicted octanol–water partition coefficient (Wildman–Crippen LogP) is 2.01. The number of benzene rings is 1. The van der Waals surface area contributed by atoms with Gasteiger partial charge in [-0.3, -0.25) is 4.68 Å². The van der Waals surface area contributed by atoms with Crippen molar-refractivity contribution in [1.29, 1.82) is 0 Å². The molecule has 0 atom stereocenters. The number of hydrogen-bond acceptors (Lipinski definition) is 2. The topological polar surface area (TPSA) is 43.8 Å². The van der Waals surface area contributed by atoms with Crippen LogP contribution in [0.4, 0.5) is 0 Å². The minimum Gasteiger partial charge on any atom is -0.326 e. The van der Waals surface area contributed by atoms with Crippen molar-refractivity contribution in [3.63, 3.8) is 0 Å². The van der Waals surface area contributed by atoms with Gasteiger partial charge < -0.3 is 5.73 Å². The van der Waals surface area contributed by atoms with Crippen molar-refractivity contribution in [2.24, 2.45) is 5.73 Å². The first-order valence-corrected chi connectivity index (χ1v) is 5.48. The predicted molar refractivity (Wildman–Crippen MR) is 65.1 cm³/mol. The molecule has 0 bridgehead atoms. The van der Waals surface area contributed by atoms with Crippen molar-refractivity contribution in [3.05, 3.63) is 52.8 Å². The van der Waals surface area contributed by atoms with E-state index in [0.717, 1.165) is 17.8 Å². The zero-order chi connectivity index (χ0) is 11.5. The zero-order valence-corrected chi connectivity index (χ0v) is 9.77. The van der Waals surface area contributed by atoms with Crippen LogP contribution >= 0.6 is 0 Å². The monoisotopic (exact) mass is 215 g/mol. The van der Waals surface area contributed by atoms with E-state index in [-0.39, 0.29) is 0 Å². The maximum atomic E-state index is 5.56. The van der Waals surface area contributed by atoms with Gasteiger partial charge in [0.05, 0.1) is 12.2 Å². The normalized spacial score (nSPS) is 10.7. The maximum absolute atomic E-state index is 5.56. The maximum Gasteiger partial charge on any atom is 0.0662 e. The highest BCUT2D eigenvalue weighted by Gasteiger charge is 2.01. The van der Waals surface area contributed by atoms with Gasteiger partial charge in [0.15, 0.2) is 0 Å². The van der Waals surface area contributed by atoms with Gasteiger partial charge in [-0.05, 0) is 31.0 Å². The molecule has 0 radical (unpaired) electrons. The Morgan fingerprint density at radius 2 is 1.75 bits per heavy atom. The fraction of sp³-hybridized carbons (Fsp3) is 0.308. The standard InChI is InChI=1S/C13H17N3/c1-10-7-11(2)16(15-10)9-13-5-3-12(8-14)4-6-13/h3-7H,8-9,14H2,1-2H3. The second-order valence-electron chi connectivity index (χ2n) is 4.11. The molecule has 0 amide bonds. The van der Waals surface area contributed by atoms with E-state index in [9.17, 15) is 0 Å². The van der Waals surface area contributed by atoms with Crippen LogP contribution in [0, 0.1) is 13.8 Å². The minimum absolute atomic E-state index is 0.597. The van der Waals surface area contributed by atoms with E-state index in [0.29, 0.717) is 6.54 Å². The van der Waals surface area contributed by atoms with Gasteiger partial charge in [-0.25, -0.2) is 0 Å². The molecule has 3 heteroatoms. The number of hydrogen-bond donors (Lipinski definition) is 1. The third-order valence-electron chi connectivity index (χ3n) is 2.69. The van der Waals surface area contributed by atoms with E-state index in [4.69, 9.17) is 5.73 Å². The summed E-state index contributed by atoms with van der Waals surface area (Å²) in [6, 6.07) is 10.5. The van der Waals surface area contributed by atoms with Crippen LogP contribution in [-0.2, 0) is 13.1 Å². The van der Waals surface area contributed by atoms with Gasteiger partial charge in [-0.1, -0.05) is 24.3 Å². The molecule has 0 unspecified atom stereocenters. The lowest BCUT2D eigenvalue weighted by Crippen LogP contribution is -2.04. The molecule has 0 saturated heterocycles. The molecule has 16 heavy (non-hydrogen) atoms. The number of rotatable bonds is 3. The molecule has 1 aromatic heterocycles. The lowest BCUT2D eigenvalue weighted by atomic mass is 10.1. The molecule has 0 saturated carbocycles. The van der Waals surface area contributed by atoms with Crippen LogP contribution in [0.25, 0.3) is 0 Å². The summed E-state index contributed by atoms with van der Waals surface area (Å²) in [6.07, 6.45) is 0. The highest BCUT2D eigenvalue weighted by molar-refractivity contribution is 5.23. The van der Waals surface area contributed by atoms with E-state index in [1.54, 1.807) is 0 Å². The number of aryl methyl sites for hydroxylation is 2. The lowest BCUT2D eigenvalue weighted by molar-refractivity contribution is 0.659. The van der Waals surface area contributed by atoms with E-state index < -0.39 is 0 Å². The molecule has 1 heterocycles. The van der Waals surface area contributed by atoms with Gasteiger partial charge in [0.2, 0.25) is 0 Å². The van der Waals surface area contributed by atoms with Crippen LogP contribution < -0.4 is 5.73 Å². The fourth-order valence-corrected chi connectivity index (χ4v) is 1.79. The minimum atomic E-state index is 0.597. The first-order valence-electron chi connectivity index (χ1n) is 5.48. The van der Waals surface area contributed by atoms with Crippen molar-refractivity contribution in [2.75, 3.05) is 0 Å².